The maximum atomic E-state index is 3.49. The van der Waals surface area contributed by atoms with Crippen LogP contribution in [0.15, 0.2) is 48.5 Å². The first kappa shape index (κ1) is 17.8. The van der Waals surface area contributed by atoms with Crippen molar-refractivity contribution >= 4 is 0 Å². The molecule has 0 aliphatic heterocycles. The van der Waals surface area contributed by atoms with Gasteiger partial charge in [0.1, 0.15) is 0 Å². The average molecular weight is 331 g/mol. The monoisotopic (exact) mass is 330 g/mol. The van der Waals surface area contributed by atoms with Crippen LogP contribution in [0.1, 0.15) is 63.5 Å². The number of hydrogen-bond acceptors (Lipinski definition) is 0. The van der Waals surface area contributed by atoms with Crippen LogP contribution in [-0.2, 0) is 6.42 Å². The second-order valence-electron chi connectivity index (χ2n) is 7.60. The van der Waals surface area contributed by atoms with Crippen LogP contribution in [-0.4, -0.2) is 0 Å². The van der Waals surface area contributed by atoms with Crippen LogP contribution < -0.4 is 0 Å². The molecule has 0 saturated heterocycles. The van der Waals surface area contributed by atoms with Crippen LogP contribution in [0, 0.1) is 23.7 Å². The Morgan fingerprint density at radius 1 is 0.840 bits per heavy atom. The van der Waals surface area contributed by atoms with E-state index in [9.17, 15) is 0 Å². The molecule has 0 atom stereocenters. The minimum Gasteiger partial charge on any atom is -0.0945 e. The average Bonchev–Trinajstić information content (AvgIpc) is 2.67. The fourth-order valence-electron chi connectivity index (χ4n) is 3.58. The Hall–Kier alpha value is -2.00. The van der Waals surface area contributed by atoms with Gasteiger partial charge in [-0.25, -0.2) is 0 Å². The number of unbranched alkanes of at least 4 members (excludes halogenated alkanes) is 1. The van der Waals surface area contributed by atoms with Gasteiger partial charge < -0.3 is 0 Å². The summed E-state index contributed by atoms with van der Waals surface area (Å²) in [5, 5.41) is 0. The molecule has 0 amide bonds. The molecule has 0 heteroatoms. The van der Waals surface area contributed by atoms with Gasteiger partial charge in [-0.1, -0.05) is 68.5 Å². The zero-order valence-corrected chi connectivity index (χ0v) is 15.7. The van der Waals surface area contributed by atoms with Gasteiger partial charge in [-0.2, -0.15) is 0 Å². The third-order valence-electron chi connectivity index (χ3n) is 5.43. The number of benzene rings is 2. The largest absolute Gasteiger partial charge is 0.0945 e. The van der Waals surface area contributed by atoms with Gasteiger partial charge in [-0.15, -0.1) is 0 Å². The Morgan fingerprint density at radius 2 is 1.44 bits per heavy atom. The Kier molecular flexibility index (Phi) is 6.35. The highest BCUT2D eigenvalue weighted by atomic mass is 14.2. The minimum absolute atomic E-state index is 0.603. The zero-order chi connectivity index (χ0) is 17.5. The molecule has 1 saturated carbocycles. The van der Waals surface area contributed by atoms with Crippen LogP contribution in [0.3, 0.4) is 0 Å². The van der Waals surface area contributed by atoms with Gasteiger partial charge in [0, 0.05) is 11.5 Å². The molecule has 2 aromatic carbocycles. The molecule has 1 aliphatic rings. The molecule has 0 unspecified atom stereocenters. The molecule has 25 heavy (non-hydrogen) atoms. The summed E-state index contributed by atoms with van der Waals surface area (Å²) in [4.78, 5) is 0. The summed E-state index contributed by atoms with van der Waals surface area (Å²) in [6, 6.07) is 17.8. The Bertz CT molecular complexity index is 701. The van der Waals surface area contributed by atoms with Crippen molar-refractivity contribution in [3.05, 3.63) is 59.7 Å². The van der Waals surface area contributed by atoms with Gasteiger partial charge in [-0.05, 0) is 73.3 Å². The number of hydrogen-bond donors (Lipinski definition) is 0. The van der Waals surface area contributed by atoms with Crippen LogP contribution in [0.2, 0.25) is 0 Å². The molecular weight excluding hydrogens is 300 g/mol. The second-order valence-corrected chi connectivity index (χ2v) is 7.60. The summed E-state index contributed by atoms with van der Waals surface area (Å²) < 4.78 is 0. The van der Waals surface area contributed by atoms with Crippen molar-refractivity contribution in [2.45, 2.75) is 58.8 Å². The molecule has 0 aromatic heterocycles. The van der Waals surface area contributed by atoms with E-state index in [0.29, 0.717) is 5.92 Å². The van der Waals surface area contributed by atoms with Crippen LogP contribution in [0.5, 0.6) is 0 Å². The lowest BCUT2D eigenvalue weighted by atomic mass is 9.83. The zero-order valence-electron chi connectivity index (χ0n) is 15.7. The van der Waals surface area contributed by atoms with Crippen molar-refractivity contribution in [3.8, 4) is 23.0 Å². The summed E-state index contributed by atoms with van der Waals surface area (Å²) in [5.74, 6) is 8.38. The van der Waals surface area contributed by atoms with E-state index in [1.165, 1.54) is 61.6 Å². The highest BCUT2D eigenvalue weighted by Crippen LogP contribution is 2.27. The third-order valence-corrected chi connectivity index (χ3v) is 5.43. The van der Waals surface area contributed by atoms with E-state index in [1.807, 2.05) is 0 Å². The fourth-order valence-corrected chi connectivity index (χ4v) is 3.58. The quantitative estimate of drug-likeness (QED) is 0.536. The highest BCUT2D eigenvalue weighted by molar-refractivity contribution is 5.64. The Labute approximate surface area is 153 Å². The molecule has 0 N–H and O–H groups in total. The fraction of sp³-hybridized carbons (Fsp3) is 0.440. The highest BCUT2D eigenvalue weighted by Gasteiger charge is 2.15. The molecule has 0 heterocycles. The van der Waals surface area contributed by atoms with E-state index in [1.54, 1.807) is 0 Å². The van der Waals surface area contributed by atoms with Gasteiger partial charge in [0.25, 0.3) is 0 Å². The Balaban J connectivity index is 1.62. The van der Waals surface area contributed by atoms with E-state index in [-0.39, 0.29) is 0 Å². The van der Waals surface area contributed by atoms with Crippen LogP contribution >= 0.6 is 0 Å². The molecule has 3 rings (SSSR count). The first-order valence-electron chi connectivity index (χ1n) is 9.95. The minimum atomic E-state index is 0.603. The van der Waals surface area contributed by atoms with Crippen LogP contribution in [0.4, 0.5) is 0 Å². The van der Waals surface area contributed by atoms with E-state index < -0.39 is 0 Å². The molecule has 0 radical (unpaired) electrons. The maximum absolute atomic E-state index is 3.49. The summed E-state index contributed by atoms with van der Waals surface area (Å²) >= 11 is 0. The van der Waals surface area contributed by atoms with Crippen molar-refractivity contribution < 1.29 is 0 Å². The third kappa shape index (κ3) is 5.23. The van der Waals surface area contributed by atoms with E-state index >= 15 is 0 Å². The standard InChI is InChI=1S/C25H30/c1-3-4-5-21-12-16-24(17-13-21)25-18-14-23(15-19-25)11-10-22-8-6-20(2)7-9-22/h12-20,22H,3-9H2,1-2H3. The topological polar surface area (TPSA) is 0 Å². The number of rotatable bonds is 4. The lowest BCUT2D eigenvalue weighted by molar-refractivity contribution is 0.337. The van der Waals surface area contributed by atoms with Crippen molar-refractivity contribution in [3.63, 3.8) is 0 Å². The van der Waals surface area contributed by atoms with E-state index in [2.05, 4.69) is 74.2 Å². The van der Waals surface area contributed by atoms with E-state index in [0.717, 1.165) is 11.5 Å². The first-order chi connectivity index (χ1) is 12.2. The normalized spacial score (nSPS) is 19.9. The van der Waals surface area contributed by atoms with Crippen molar-refractivity contribution in [1.29, 1.82) is 0 Å². The second kappa shape index (κ2) is 8.91. The molecule has 1 aliphatic carbocycles. The molecule has 2 aromatic rings. The summed E-state index contributed by atoms with van der Waals surface area (Å²) in [6.07, 6.45) is 8.94. The van der Waals surface area contributed by atoms with Gasteiger partial charge in [0.05, 0.1) is 0 Å². The van der Waals surface area contributed by atoms with Crippen molar-refractivity contribution in [1.82, 2.24) is 0 Å². The van der Waals surface area contributed by atoms with Gasteiger partial charge in [0.15, 0.2) is 0 Å². The smallest absolute Gasteiger partial charge is 0.0245 e. The Morgan fingerprint density at radius 3 is 2.04 bits per heavy atom. The lowest BCUT2D eigenvalue weighted by Crippen LogP contribution is -2.10. The predicted molar refractivity (Wildman–Crippen MR) is 108 cm³/mol. The van der Waals surface area contributed by atoms with Crippen molar-refractivity contribution in [2.75, 3.05) is 0 Å². The molecule has 0 bridgehead atoms. The molecule has 0 spiro atoms. The first-order valence-corrected chi connectivity index (χ1v) is 9.95. The van der Waals surface area contributed by atoms with Gasteiger partial charge in [-0.3, -0.25) is 0 Å². The lowest BCUT2D eigenvalue weighted by Gasteiger charge is -2.21. The van der Waals surface area contributed by atoms with Gasteiger partial charge in [0.2, 0.25) is 0 Å². The van der Waals surface area contributed by atoms with E-state index in [4.69, 9.17) is 0 Å². The summed E-state index contributed by atoms with van der Waals surface area (Å²) in [5.41, 5.74) is 5.15. The molecule has 0 nitrogen and oxygen atoms in total. The molecule has 1 fully saturated rings. The van der Waals surface area contributed by atoms with Gasteiger partial charge >= 0.3 is 0 Å². The van der Waals surface area contributed by atoms with Crippen LogP contribution in [0.25, 0.3) is 11.1 Å². The SMILES string of the molecule is CCCCc1ccc(-c2ccc(C#CC3CCC(C)CC3)cc2)cc1. The maximum Gasteiger partial charge on any atom is 0.0245 e. The molecular formula is C25H30. The predicted octanol–water partition coefficient (Wildman–Crippen LogP) is 6.87. The summed E-state index contributed by atoms with van der Waals surface area (Å²) in [6.45, 7) is 4.60. The number of aryl methyl sites for hydroxylation is 1. The summed E-state index contributed by atoms with van der Waals surface area (Å²) in [7, 11) is 0. The van der Waals surface area contributed by atoms with Crippen molar-refractivity contribution in [2.24, 2.45) is 11.8 Å². The molecule has 130 valence electrons.